The predicted octanol–water partition coefficient (Wildman–Crippen LogP) is 2.66. The van der Waals surface area contributed by atoms with Gasteiger partial charge < -0.3 is 9.64 Å². The molecule has 2 heterocycles. The van der Waals surface area contributed by atoms with E-state index in [9.17, 15) is 14.0 Å². The highest BCUT2D eigenvalue weighted by atomic mass is 19.1. The van der Waals surface area contributed by atoms with Crippen LogP contribution in [0, 0.1) is 5.82 Å². The van der Waals surface area contributed by atoms with Gasteiger partial charge in [-0.3, -0.25) is 14.5 Å². The second-order valence-corrected chi connectivity index (χ2v) is 7.61. The summed E-state index contributed by atoms with van der Waals surface area (Å²) in [6, 6.07) is 13.6. The zero-order chi connectivity index (χ0) is 21.8. The standard InChI is InChI=1S/C23H25FN4O3/c1-31-21-9-7-18(24)15-17(21)16-26-11-13-27(14-12-26)23(30)20-8-10-22(29)28(25-20)19-5-3-2-4-6-19/h2-7,9,15H,8,10-14,16H2,1H3. The van der Waals surface area contributed by atoms with E-state index in [0.717, 1.165) is 5.56 Å². The number of carbonyl (C=O) groups excluding carboxylic acids is 2. The molecule has 0 N–H and O–H groups in total. The number of amides is 2. The quantitative estimate of drug-likeness (QED) is 0.740. The first kappa shape index (κ1) is 21.0. The Labute approximate surface area is 180 Å². The Morgan fingerprint density at radius 1 is 1.06 bits per heavy atom. The van der Waals surface area contributed by atoms with Gasteiger partial charge in [-0.15, -0.1) is 0 Å². The van der Waals surface area contributed by atoms with Crippen molar-refractivity contribution >= 4 is 23.2 Å². The number of para-hydroxylation sites is 1. The molecular weight excluding hydrogens is 399 g/mol. The molecule has 0 spiro atoms. The third-order valence-corrected chi connectivity index (χ3v) is 5.58. The minimum absolute atomic E-state index is 0.114. The summed E-state index contributed by atoms with van der Waals surface area (Å²) in [7, 11) is 1.57. The molecule has 0 aliphatic carbocycles. The molecule has 0 saturated carbocycles. The molecule has 0 aromatic heterocycles. The van der Waals surface area contributed by atoms with E-state index in [4.69, 9.17) is 4.74 Å². The van der Waals surface area contributed by atoms with Crippen LogP contribution in [0.15, 0.2) is 53.6 Å². The van der Waals surface area contributed by atoms with Crippen LogP contribution in [-0.2, 0) is 16.1 Å². The Bertz CT molecular complexity index is 988. The molecule has 2 aliphatic rings. The lowest BCUT2D eigenvalue weighted by Crippen LogP contribution is -2.51. The van der Waals surface area contributed by atoms with Crippen LogP contribution < -0.4 is 9.75 Å². The third kappa shape index (κ3) is 4.74. The summed E-state index contributed by atoms with van der Waals surface area (Å²) in [5.74, 6) is 0.118. The van der Waals surface area contributed by atoms with Crippen molar-refractivity contribution in [3.05, 3.63) is 59.9 Å². The van der Waals surface area contributed by atoms with E-state index in [2.05, 4.69) is 10.0 Å². The summed E-state index contributed by atoms with van der Waals surface area (Å²) in [6.07, 6.45) is 0.612. The SMILES string of the molecule is COc1ccc(F)cc1CN1CCN(C(=O)C2=NN(c3ccccc3)C(=O)CC2)CC1. The molecule has 1 fully saturated rings. The fourth-order valence-corrected chi connectivity index (χ4v) is 3.88. The average Bonchev–Trinajstić information content (AvgIpc) is 2.80. The fraction of sp³-hybridized carbons (Fsp3) is 0.348. The van der Waals surface area contributed by atoms with Crippen LogP contribution in [0.4, 0.5) is 10.1 Å². The van der Waals surface area contributed by atoms with E-state index >= 15 is 0 Å². The van der Waals surface area contributed by atoms with Crippen LogP contribution in [0.3, 0.4) is 0 Å². The Balaban J connectivity index is 1.39. The number of carbonyl (C=O) groups is 2. The van der Waals surface area contributed by atoms with Gasteiger partial charge in [-0.05, 0) is 30.3 Å². The summed E-state index contributed by atoms with van der Waals surface area (Å²) in [6.45, 7) is 2.99. The zero-order valence-corrected chi connectivity index (χ0v) is 17.5. The summed E-state index contributed by atoms with van der Waals surface area (Å²) >= 11 is 0. The van der Waals surface area contributed by atoms with Gasteiger partial charge in [0.2, 0.25) is 5.91 Å². The molecule has 1 saturated heterocycles. The van der Waals surface area contributed by atoms with E-state index in [-0.39, 0.29) is 24.1 Å². The van der Waals surface area contributed by atoms with Crippen molar-refractivity contribution in [2.24, 2.45) is 5.10 Å². The van der Waals surface area contributed by atoms with Crippen LogP contribution in [0.1, 0.15) is 18.4 Å². The van der Waals surface area contributed by atoms with Crippen molar-refractivity contribution in [1.82, 2.24) is 9.80 Å². The van der Waals surface area contributed by atoms with Gasteiger partial charge in [-0.25, -0.2) is 9.40 Å². The number of piperazine rings is 1. The monoisotopic (exact) mass is 424 g/mol. The normalized spacial score (nSPS) is 17.5. The van der Waals surface area contributed by atoms with Gasteiger partial charge in [-0.1, -0.05) is 18.2 Å². The number of nitrogens with zero attached hydrogens (tertiary/aromatic N) is 4. The number of anilines is 1. The zero-order valence-electron chi connectivity index (χ0n) is 17.5. The molecule has 2 aliphatic heterocycles. The summed E-state index contributed by atoms with van der Waals surface area (Å²) in [5.41, 5.74) is 1.85. The molecule has 0 radical (unpaired) electrons. The molecular formula is C23H25FN4O3. The van der Waals surface area contributed by atoms with Crippen molar-refractivity contribution in [2.75, 3.05) is 38.3 Å². The summed E-state index contributed by atoms with van der Waals surface area (Å²) in [4.78, 5) is 29.2. The largest absolute Gasteiger partial charge is 0.496 e. The molecule has 2 amide bonds. The summed E-state index contributed by atoms with van der Waals surface area (Å²) < 4.78 is 19.0. The van der Waals surface area contributed by atoms with Gasteiger partial charge in [0.1, 0.15) is 17.3 Å². The van der Waals surface area contributed by atoms with Crippen molar-refractivity contribution in [1.29, 1.82) is 0 Å². The van der Waals surface area contributed by atoms with Crippen LogP contribution in [0.2, 0.25) is 0 Å². The van der Waals surface area contributed by atoms with Crippen molar-refractivity contribution in [3.63, 3.8) is 0 Å². The van der Waals surface area contributed by atoms with E-state index in [1.165, 1.54) is 17.1 Å². The maximum Gasteiger partial charge on any atom is 0.270 e. The van der Waals surface area contributed by atoms with Gasteiger partial charge in [0.25, 0.3) is 5.91 Å². The summed E-state index contributed by atoms with van der Waals surface area (Å²) in [5, 5.41) is 5.69. The fourth-order valence-electron chi connectivity index (χ4n) is 3.88. The topological polar surface area (TPSA) is 65.5 Å². The van der Waals surface area contributed by atoms with Gasteiger partial charge >= 0.3 is 0 Å². The number of methoxy groups -OCH3 is 1. The Morgan fingerprint density at radius 3 is 2.52 bits per heavy atom. The van der Waals surface area contributed by atoms with Crippen LogP contribution in [-0.4, -0.2) is 60.6 Å². The van der Waals surface area contributed by atoms with E-state index in [1.807, 2.05) is 18.2 Å². The van der Waals surface area contributed by atoms with Gasteiger partial charge in [0, 0.05) is 51.1 Å². The predicted molar refractivity (Wildman–Crippen MR) is 115 cm³/mol. The molecule has 2 aromatic carbocycles. The van der Waals surface area contributed by atoms with Crippen molar-refractivity contribution in [3.8, 4) is 5.75 Å². The Morgan fingerprint density at radius 2 is 1.81 bits per heavy atom. The lowest BCUT2D eigenvalue weighted by Gasteiger charge is -2.35. The number of hydrazone groups is 1. The molecule has 0 unspecified atom stereocenters. The second-order valence-electron chi connectivity index (χ2n) is 7.61. The average molecular weight is 424 g/mol. The molecule has 31 heavy (non-hydrogen) atoms. The smallest absolute Gasteiger partial charge is 0.270 e. The lowest BCUT2D eigenvalue weighted by atomic mass is 10.1. The van der Waals surface area contributed by atoms with Gasteiger partial charge in [0.05, 0.1) is 12.8 Å². The number of benzene rings is 2. The second kappa shape index (κ2) is 9.26. The van der Waals surface area contributed by atoms with Gasteiger partial charge in [0.15, 0.2) is 0 Å². The van der Waals surface area contributed by atoms with Crippen molar-refractivity contribution < 1.29 is 18.7 Å². The third-order valence-electron chi connectivity index (χ3n) is 5.58. The van der Waals surface area contributed by atoms with Crippen molar-refractivity contribution in [2.45, 2.75) is 19.4 Å². The molecule has 0 atom stereocenters. The molecule has 2 aromatic rings. The first-order chi connectivity index (χ1) is 15.0. The number of halogens is 1. The highest BCUT2D eigenvalue weighted by Gasteiger charge is 2.30. The lowest BCUT2D eigenvalue weighted by molar-refractivity contribution is -0.126. The first-order valence-electron chi connectivity index (χ1n) is 10.3. The molecule has 4 rings (SSSR count). The highest BCUT2D eigenvalue weighted by Crippen LogP contribution is 2.23. The minimum atomic E-state index is -0.294. The van der Waals surface area contributed by atoms with E-state index < -0.39 is 0 Å². The van der Waals surface area contributed by atoms with Crippen LogP contribution in [0.25, 0.3) is 0 Å². The maximum atomic E-state index is 13.6. The van der Waals surface area contributed by atoms with Crippen LogP contribution >= 0.6 is 0 Å². The highest BCUT2D eigenvalue weighted by molar-refractivity contribution is 6.40. The molecule has 8 heteroatoms. The Hall–Kier alpha value is -3.26. The van der Waals surface area contributed by atoms with Crippen LogP contribution in [0.5, 0.6) is 5.75 Å². The number of ether oxygens (including phenoxy) is 1. The van der Waals surface area contributed by atoms with Gasteiger partial charge in [-0.2, -0.15) is 5.10 Å². The minimum Gasteiger partial charge on any atom is -0.496 e. The molecule has 7 nitrogen and oxygen atoms in total. The van der Waals surface area contributed by atoms with E-state index in [1.54, 1.807) is 30.2 Å². The number of hydrogen-bond acceptors (Lipinski definition) is 5. The molecule has 0 bridgehead atoms. The maximum absolute atomic E-state index is 13.6. The Kier molecular flexibility index (Phi) is 6.27. The number of rotatable bonds is 5. The molecule has 162 valence electrons. The first-order valence-corrected chi connectivity index (χ1v) is 10.3. The number of hydrogen-bond donors (Lipinski definition) is 0. The van der Waals surface area contributed by atoms with E-state index in [0.29, 0.717) is 56.3 Å².